The van der Waals surface area contributed by atoms with Gasteiger partial charge in [0.1, 0.15) is 0 Å². The molecule has 0 saturated carbocycles. The predicted molar refractivity (Wildman–Crippen MR) is 141 cm³/mol. The van der Waals surface area contributed by atoms with Crippen LogP contribution in [0, 0.1) is 5.92 Å². The Hall–Kier alpha value is 0. The second kappa shape index (κ2) is 27.0. The summed E-state index contributed by atoms with van der Waals surface area (Å²) in [4.78, 5) is 0. The minimum atomic E-state index is 0.949. The molecule has 0 N–H and O–H groups in total. The van der Waals surface area contributed by atoms with Crippen molar-refractivity contribution >= 4 is 0 Å². The highest BCUT2D eigenvalue weighted by Crippen LogP contribution is 2.17. The van der Waals surface area contributed by atoms with Crippen LogP contribution in [0.5, 0.6) is 0 Å². The molecule has 0 saturated heterocycles. The normalized spacial score (nSPS) is 12.5. The average Bonchev–Trinajstić information content (AvgIpc) is 2.76. The number of unbranched alkanes of at least 4 members (excludes halogenated alkanes) is 23. The van der Waals surface area contributed by atoms with E-state index in [-0.39, 0.29) is 0 Å². The molecule has 0 radical (unpaired) electrons. The van der Waals surface area contributed by atoms with Gasteiger partial charge in [-0.3, -0.25) is 0 Å². The van der Waals surface area contributed by atoms with Gasteiger partial charge >= 0.3 is 0 Å². The van der Waals surface area contributed by atoms with Gasteiger partial charge < -0.3 is 0 Å². The maximum absolute atomic E-state index is 2.40. The number of hydrogen-bond acceptors (Lipinski definition) is 0. The molecule has 1 unspecified atom stereocenters. The molecule has 0 bridgehead atoms. The van der Waals surface area contributed by atoms with Crippen LogP contribution in [-0.4, -0.2) is 0 Å². The SMILES string of the molecule is CCCCCCCCCCCCCCCCCCCCCCCCCCC(C)CC. The van der Waals surface area contributed by atoms with Crippen molar-refractivity contribution in [1.29, 1.82) is 0 Å². The molecule has 0 nitrogen and oxygen atoms in total. The van der Waals surface area contributed by atoms with Gasteiger partial charge in [-0.2, -0.15) is 0 Å². The summed E-state index contributed by atoms with van der Waals surface area (Å²) in [6, 6.07) is 0. The van der Waals surface area contributed by atoms with Crippen LogP contribution in [0.3, 0.4) is 0 Å². The Balaban J connectivity index is 3.00. The summed E-state index contributed by atoms with van der Waals surface area (Å²) in [5.74, 6) is 0.949. The Bertz CT molecular complexity index is 282. The van der Waals surface area contributed by atoms with E-state index in [2.05, 4.69) is 20.8 Å². The second-order valence-corrected chi connectivity index (χ2v) is 10.4. The molecule has 0 aromatic rings. The first kappa shape index (κ1) is 30.0. The quantitative estimate of drug-likeness (QED) is 0.122. The lowest BCUT2D eigenvalue weighted by atomic mass is 9.99. The maximum atomic E-state index is 2.40. The van der Waals surface area contributed by atoms with E-state index in [4.69, 9.17) is 0 Å². The molecular weight excluding hydrogens is 360 g/mol. The van der Waals surface area contributed by atoms with Crippen LogP contribution in [-0.2, 0) is 0 Å². The summed E-state index contributed by atoms with van der Waals surface area (Å²) in [6.07, 6.45) is 38.4. The van der Waals surface area contributed by atoms with Crippen LogP contribution in [0.4, 0.5) is 0 Å². The summed E-state index contributed by atoms with van der Waals surface area (Å²) in [5.41, 5.74) is 0. The lowest BCUT2D eigenvalue weighted by Crippen LogP contribution is -1.91. The highest BCUT2D eigenvalue weighted by atomic mass is 14.0. The summed E-state index contributed by atoms with van der Waals surface area (Å²) < 4.78 is 0. The maximum Gasteiger partial charge on any atom is -0.0445 e. The fraction of sp³-hybridized carbons (Fsp3) is 1.00. The van der Waals surface area contributed by atoms with Crippen molar-refractivity contribution in [3.05, 3.63) is 0 Å². The fourth-order valence-corrected chi connectivity index (χ4v) is 4.66. The Morgan fingerprint density at radius 1 is 0.333 bits per heavy atom. The molecule has 182 valence electrons. The Morgan fingerprint density at radius 3 is 0.800 bits per heavy atom. The number of hydrogen-bond donors (Lipinski definition) is 0. The van der Waals surface area contributed by atoms with Gasteiger partial charge in [0.15, 0.2) is 0 Å². The van der Waals surface area contributed by atoms with Crippen molar-refractivity contribution in [3.8, 4) is 0 Å². The molecule has 0 amide bonds. The van der Waals surface area contributed by atoms with Gasteiger partial charge in [-0.15, -0.1) is 0 Å². The van der Waals surface area contributed by atoms with Crippen molar-refractivity contribution in [2.75, 3.05) is 0 Å². The van der Waals surface area contributed by atoms with E-state index in [0.29, 0.717) is 0 Å². The van der Waals surface area contributed by atoms with Gasteiger partial charge in [0, 0.05) is 0 Å². The standard InChI is InChI=1S/C30H62/c1-4-6-7-8-9-10-11-12-13-14-15-16-17-18-19-20-21-22-23-24-25-26-27-28-29-30(3)5-2/h30H,4-29H2,1-3H3. The molecule has 0 aliphatic heterocycles. The molecule has 30 heavy (non-hydrogen) atoms. The summed E-state index contributed by atoms with van der Waals surface area (Å²) in [7, 11) is 0. The van der Waals surface area contributed by atoms with Gasteiger partial charge in [-0.05, 0) is 5.92 Å². The molecule has 0 aromatic carbocycles. The molecule has 1 atom stereocenters. The molecule has 0 aromatic heterocycles. The van der Waals surface area contributed by atoms with Crippen LogP contribution in [0.25, 0.3) is 0 Å². The highest BCUT2D eigenvalue weighted by Gasteiger charge is 1.98. The molecule has 0 rings (SSSR count). The first-order valence-electron chi connectivity index (χ1n) is 14.8. The molecule has 0 heteroatoms. The first-order valence-corrected chi connectivity index (χ1v) is 14.8. The van der Waals surface area contributed by atoms with Crippen molar-refractivity contribution in [2.24, 2.45) is 5.92 Å². The largest absolute Gasteiger partial charge is 0.0654 e. The zero-order valence-electron chi connectivity index (χ0n) is 22.0. The first-order chi connectivity index (χ1) is 14.8. The van der Waals surface area contributed by atoms with Crippen molar-refractivity contribution in [2.45, 2.75) is 188 Å². The lowest BCUT2D eigenvalue weighted by molar-refractivity contribution is 0.468. The zero-order chi connectivity index (χ0) is 22.0. The summed E-state index contributed by atoms with van der Waals surface area (Å²) >= 11 is 0. The van der Waals surface area contributed by atoms with Crippen molar-refractivity contribution in [1.82, 2.24) is 0 Å². The average molecular weight is 423 g/mol. The highest BCUT2D eigenvalue weighted by molar-refractivity contribution is 4.53. The van der Waals surface area contributed by atoms with Gasteiger partial charge in [0.05, 0.1) is 0 Å². The van der Waals surface area contributed by atoms with Crippen LogP contribution < -0.4 is 0 Å². The summed E-state index contributed by atoms with van der Waals surface area (Å²) in [5, 5.41) is 0. The lowest BCUT2D eigenvalue weighted by Gasteiger charge is -2.07. The minimum absolute atomic E-state index is 0.949. The Kier molecular flexibility index (Phi) is 27.0. The van der Waals surface area contributed by atoms with Crippen LogP contribution in [0.2, 0.25) is 0 Å². The van der Waals surface area contributed by atoms with E-state index in [9.17, 15) is 0 Å². The molecule has 0 aliphatic carbocycles. The number of rotatable bonds is 26. The van der Waals surface area contributed by atoms with Crippen LogP contribution >= 0.6 is 0 Å². The molecule has 0 heterocycles. The van der Waals surface area contributed by atoms with E-state index >= 15 is 0 Å². The van der Waals surface area contributed by atoms with Gasteiger partial charge in [-0.1, -0.05) is 188 Å². The monoisotopic (exact) mass is 422 g/mol. The molecular formula is C30H62. The molecule has 0 aliphatic rings. The van der Waals surface area contributed by atoms with Crippen molar-refractivity contribution < 1.29 is 0 Å². The van der Waals surface area contributed by atoms with E-state index < -0.39 is 0 Å². The summed E-state index contributed by atoms with van der Waals surface area (Å²) in [6.45, 7) is 7.03. The second-order valence-electron chi connectivity index (χ2n) is 10.4. The van der Waals surface area contributed by atoms with Gasteiger partial charge in [-0.25, -0.2) is 0 Å². The van der Waals surface area contributed by atoms with E-state index in [1.54, 1.807) is 0 Å². The van der Waals surface area contributed by atoms with Gasteiger partial charge in [0.2, 0.25) is 0 Å². The molecule has 0 fully saturated rings. The third kappa shape index (κ3) is 26.0. The van der Waals surface area contributed by atoms with Gasteiger partial charge in [0.25, 0.3) is 0 Å². The van der Waals surface area contributed by atoms with E-state index in [1.807, 2.05) is 0 Å². The fourth-order valence-electron chi connectivity index (χ4n) is 4.66. The van der Waals surface area contributed by atoms with E-state index in [0.717, 1.165) is 5.92 Å². The van der Waals surface area contributed by atoms with Crippen LogP contribution in [0.1, 0.15) is 188 Å². The van der Waals surface area contributed by atoms with Crippen molar-refractivity contribution in [3.63, 3.8) is 0 Å². The minimum Gasteiger partial charge on any atom is -0.0654 e. The predicted octanol–water partition coefficient (Wildman–Crippen LogP) is 11.8. The third-order valence-electron chi connectivity index (χ3n) is 7.25. The topological polar surface area (TPSA) is 0 Å². The van der Waals surface area contributed by atoms with E-state index in [1.165, 1.54) is 167 Å². The zero-order valence-corrected chi connectivity index (χ0v) is 22.0. The van der Waals surface area contributed by atoms with Crippen LogP contribution in [0.15, 0.2) is 0 Å². The Labute approximate surface area is 193 Å². The smallest absolute Gasteiger partial charge is 0.0445 e. The molecule has 0 spiro atoms. The third-order valence-corrected chi connectivity index (χ3v) is 7.25. The Morgan fingerprint density at radius 2 is 0.567 bits per heavy atom.